The van der Waals surface area contributed by atoms with E-state index in [0.717, 1.165) is 32.8 Å². The number of Topliss-reactive ketones (excluding diaryl/α,β-unsaturated/α-hetero) is 1. The van der Waals surface area contributed by atoms with Crippen LogP contribution in [0.3, 0.4) is 0 Å². The molecule has 2 N–H and O–H groups in total. The summed E-state index contributed by atoms with van der Waals surface area (Å²) in [5.41, 5.74) is 7.94. The number of carbonyl (C=O) groups excluding carboxylic acids is 1. The van der Waals surface area contributed by atoms with Crippen molar-refractivity contribution < 1.29 is 4.79 Å². The average Bonchev–Trinajstić information content (AvgIpc) is 3.14. The summed E-state index contributed by atoms with van der Waals surface area (Å²) >= 11 is 1.48. The molecule has 5 heteroatoms. The fourth-order valence-corrected chi connectivity index (χ4v) is 3.73. The number of nitrogens with two attached hydrogens (primary N) is 1. The minimum Gasteiger partial charge on any atom is -0.327 e. The lowest BCUT2D eigenvalue weighted by atomic mass is 9.95. The second kappa shape index (κ2) is 5.51. The molecule has 2 aromatic carbocycles. The molecule has 0 bridgehead atoms. The van der Waals surface area contributed by atoms with Crippen LogP contribution in [0.15, 0.2) is 36.4 Å². The lowest BCUT2D eigenvalue weighted by Crippen LogP contribution is -2.06. The van der Waals surface area contributed by atoms with Crippen LogP contribution in [0.2, 0.25) is 0 Å². The van der Waals surface area contributed by atoms with E-state index in [0.29, 0.717) is 12.3 Å². The standard InChI is InChI=1S/C18H17N3OS/c1-10-20-21-18(23-10)9-17(22)15-7-12(14-8-16(14)19)6-11-4-2-3-5-13(11)15/h2-7,14,16H,8-9,19H2,1H3. The molecule has 0 spiro atoms. The number of rotatable bonds is 4. The minimum atomic E-state index is 0.0911. The van der Waals surface area contributed by atoms with Gasteiger partial charge >= 0.3 is 0 Å². The summed E-state index contributed by atoms with van der Waals surface area (Å²) in [5, 5.41) is 11.8. The van der Waals surface area contributed by atoms with Gasteiger partial charge in [0.25, 0.3) is 0 Å². The molecule has 0 saturated heterocycles. The summed E-state index contributed by atoms with van der Waals surface area (Å²) in [6.07, 6.45) is 1.30. The second-order valence-corrected chi connectivity index (χ2v) is 7.38. The van der Waals surface area contributed by atoms with E-state index in [1.165, 1.54) is 16.9 Å². The smallest absolute Gasteiger partial charge is 0.170 e. The molecule has 0 radical (unpaired) electrons. The quantitative estimate of drug-likeness (QED) is 0.748. The molecule has 4 rings (SSSR count). The molecule has 1 fully saturated rings. The monoisotopic (exact) mass is 323 g/mol. The number of aromatic nitrogens is 2. The van der Waals surface area contributed by atoms with E-state index in [2.05, 4.69) is 22.3 Å². The molecule has 0 amide bonds. The first kappa shape index (κ1) is 14.5. The van der Waals surface area contributed by atoms with E-state index in [1.807, 2.05) is 31.2 Å². The Morgan fingerprint density at radius 3 is 2.78 bits per heavy atom. The Hall–Kier alpha value is -2.11. The summed E-state index contributed by atoms with van der Waals surface area (Å²) < 4.78 is 0. The van der Waals surface area contributed by atoms with Gasteiger partial charge in [0.1, 0.15) is 10.0 Å². The van der Waals surface area contributed by atoms with Crippen molar-refractivity contribution in [3.63, 3.8) is 0 Å². The number of fused-ring (bicyclic) bond motifs is 1. The molecular formula is C18H17N3OS. The molecule has 1 saturated carbocycles. The van der Waals surface area contributed by atoms with Crippen molar-refractivity contribution >= 4 is 27.9 Å². The van der Waals surface area contributed by atoms with Crippen LogP contribution in [0, 0.1) is 6.92 Å². The predicted molar refractivity (Wildman–Crippen MR) is 92.0 cm³/mol. The third-order valence-electron chi connectivity index (χ3n) is 4.33. The van der Waals surface area contributed by atoms with Crippen LogP contribution in [0.5, 0.6) is 0 Å². The Labute approximate surface area is 138 Å². The molecule has 1 aliphatic carbocycles. The molecule has 4 nitrogen and oxygen atoms in total. The highest BCUT2D eigenvalue weighted by Gasteiger charge is 2.35. The van der Waals surface area contributed by atoms with Crippen molar-refractivity contribution in [2.24, 2.45) is 5.73 Å². The van der Waals surface area contributed by atoms with Gasteiger partial charge in [-0.2, -0.15) is 0 Å². The number of aryl methyl sites for hydroxylation is 1. The first-order valence-electron chi connectivity index (χ1n) is 7.72. The number of benzene rings is 2. The van der Waals surface area contributed by atoms with Crippen LogP contribution in [0.25, 0.3) is 10.8 Å². The van der Waals surface area contributed by atoms with Gasteiger partial charge in [0, 0.05) is 17.5 Å². The van der Waals surface area contributed by atoms with Gasteiger partial charge in [-0.05, 0) is 35.7 Å². The first-order valence-corrected chi connectivity index (χ1v) is 8.54. The number of nitrogens with zero attached hydrogens (tertiary/aromatic N) is 2. The van der Waals surface area contributed by atoms with Gasteiger partial charge in [0.15, 0.2) is 5.78 Å². The maximum Gasteiger partial charge on any atom is 0.170 e. The fraction of sp³-hybridized carbons (Fsp3) is 0.278. The maximum absolute atomic E-state index is 12.8. The van der Waals surface area contributed by atoms with Crippen molar-refractivity contribution in [2.45, 2.75) is 31.7 Å². The third-order valence-corrected chi connectivity index (χ3v) is 5.17. The topological polar surface area (TPSA) is 68.9 Å². The van der Waals surface area contributed by atoms with Crippen molar-refractivity contribution in [1.29, 1.82) is 0 Å². The summed E-state index contributed by atoms with van der Waals surface area (Å²) in [6, 6.07) is 12.4. The molecule has 3 aromatic rings. The van der Waals surface area contributed by atoms with Crippen LogP contribution in [-0.4, -0.2) is 22.0 Å². The normalized spacial score (nSPS) is 19.9. The zero-order valence-corrected chi connectivity index (χ0v) is 13.6. The highest BCUT2D eigenvalue weighted by molar-refractivity contribution is 7.11. The van der Waals surface area contributed by atoms with Gasteiger partial charge in [-0.25, -0.2) is 0 Å². The number of carbonyl (C=O) groups is 1. The van der Waals surface area contributed by atoms with Crippen LogP contribution < -0.4 is 5.73 Å². The molecule has 116 valence electrons. The molecule has 1 aromatic heterocycles. The van der Waals surface area contributed by atoms with E-state index in [-0.39, 0.29) is 11.8 Å². The summed E-state index contributed by atoms with van der Waals surface area (Å²) in [4.78, 5) is 12.8. The van der Waals surface area contributed by atoms with Crippen LogP contribution >= 0.6 is 11.3 Å². The predicted octanol–water partition coefficient (Wildman–Crippen LogP) is 3.24. The van der Waals surface area contributed by atoms with Gasteiger partial charge in [-0.3, -0.25) is 4.79 Å². The Balaban J connectivity index is 1.76. The van der Waals surface area contributed by atoms with Crippen molar-refractivity contribution in [2.75, 3.05) is 0 Å². The van der Waals surface area contributed by atoms with Gasteiger partial charge in [0.2, 0.25) is 0 Å². The first-order chi connectivity index (χ1) is 11.1. The zero-order valence-electron chi connectivity index (χ0n) is 12.8. The Bertz CT molecular complexity index is 902. The van der Waals surface area contributed by atoms with E-state index >= 15 is 0 Å². The van der Waals surface area contributed by atoms with E-state index in [1.54, 1.807) is 0 Å². The molecular weight excluding hydrogens is 306 g/mol. The lowest BCUT2D eigenvalue weighted by molar-refractivity contribution is 0.0994. The van der Waals surface area contributed by atoms with Crippen LogP contribution in [0.1, 0.15) is 38.3 Å². The van der Waals surface area contributed by atoms with E-state index in [9.17, 15) is 4.79 Å². The third kappa shape index (κ3) is 2.78. The van der Waals surface area contributed by atoms with Crippen molar-refractivity contribution in [3.05, 3.63) is 57.5 Å². The Morgan fingerprint density at radius 1 is 1.30 bits per heavy atom. The van der Waals surface area contributed by atoms with Crippen LogP contribution in [-0.2, 0) is 6.42 Å². The SMILES string of the molecule is Cc1nnc(CC(=O)c2cc(C3CC3N)cc3ccccc23)s1. The lowest BCUT2D eigenvalue weighted by Gasteiger charge is -2.09. The maximum atomic E-state index is 12.8. The molecule has 23 heavy (non-hydrogen) atoms. The number of hydrogen-bond acceptors (Lipinski definition) is 5. The highest BCUT2D eigenvalue weighted by Crippen LogP contribution is 2.41. The van der Waals surface area contributed by atoms with E-state index < -0.39 is 0 Å². The second-order valence-electron chi connectivity index (χ2n) is 6.11. The largest absolute Gasteiger partial charge is 0.327 e. The minimum absolute atomic E-state index is 0.0911. The molecule has 1 aliphatic rings. The van der Waals surface area contributed by atoms with Gasteiger partial charge in [0.05, 0.1) is 6.42 Å². The van der Waals surface area contributed by atoms with Gasteiger partial charge in [-0.15, -0.1) is 21.5 Å². The fourth-order valence-electron chi connectivity index (χ4n) is 3.02. The zero-order chi connectivity index (χ0) is 16.0. The van der Waals surface area contributed by atoms with Crippen LogP contribution in [0.4, 0.5) is 0 Å². The Kier molecular flexibility index (Phi) is 3.47. The summed E-state index contributed by atoms with van der Waals surface area (Å²) in [6.45, 7) is 1.90. The van der Waals surface area contributed by atoms with Gasteiger partial charge < -0.3 is 5.73 Å². The number of ketones is 1. The average molecular weight is 323 g/mol. The molecule has 2 atom stereocenters. The summed E-state index contributed by atoms with van der Waals surface area (Å²) in [5.74, 6) is 0.475. The van der Waals surface area contributed by atoms with Crippen molar-refractivity contribution in [3.8, 4) is 0 Å². The summed E-state index contributed by atoms with van der Waals surface area (Å²) in [7, 11) is 0. The highest BCUT2D eigenvalue weighted by atomic mass is 32.1. The molecule has 1 heterocycles. The molecule has 0 aliphatic heterocycles. The van der Waals surface area contributed by atoms with E-state index in [4.69, 9.17) is 5.73 Å². The molecule has 2 unspecified atom stereocenters. The van der Waals surface area contributed by atoms with Crippen molar-refractivity contribution in [1.82, 2.24) is 10.2 Å². The number of hydrogen-bond donors (Lipinski definition) is 1. The van der Waals surface area contributed by atoms with Gasteiger partial charge in [-0.1, -0.05) is 30.3 Å². The Morgan fingerprint density at radius 2 is 2.09 bits per heavy atom.